The molecule has 0 spiro atoms. The smallest absolute Gasteiger partial charge is 0.248 e. The molecule has 24 heavy (non-hydrogen) atoms. The largest absolute Gasteiger partial charge is 0.357 e. The molecule has 1 aromatic carbocycles. The van der Waals surface area contributed by atoms with Crippen molar-refractivity contribution in [1.82, 2.24) is 20.8 Å². The van der Waals surface area contributed by atoms with Crippen LogP contribution in [0.15, 0.2) is 34.9 Å². The lowest BCUT2D eigenvalue weighted by atomic mass is 10.1. The van der Waals surface area contributed by atoms with Crippen LogP contribution in [0.2, 0.25) is 0 Å². The van der Waals surface area contributed by atoms with Crippen LogP contribution in [0.5, 0.6) is 0 Å². The van der Waals surface area contributed by atoms with Gasteiger partial charge in [-0.1, -0.05) is 30.3 Å². The van der Waals surface area contributed by atoms with Crippen molar-refractivity contribution in [1.29, 1.82) is 0 Å². The number of nitrogens with one attached hydrogen (secondary N) is 2. The summed E-state index contributed by atoms with van der Waals surface area (Å²) in [4.78, 5) is 19.2. The van der Waals surface area contributed by atoms with E-state index in [0.717, 1.165) is 18.8 Å². The highest BCUT2D eigenvalue weighted by Gasteiger charge is 2.30. The Morgan fingerprint density at radius 1 is 1.46 bits per heavy atom. The van der Waals surface area contributed by atoms with E-state index >= 15 is 0 Å². The molecule has 3 rings (SSSR count). The van der Waals surface area contributed by atoms with Crippen molar-refractivity contribution >= 4 is 11.6 Å². The molecule has 2 N–H and O–H groups in total. The predicted octanol–water partition coefficient (Wildman–Crippen LogP) is 1.29. The second kappa shape index (κ2) is 7.44. The van der Waals surface area contributed by atoms with Crippen molar-refractivity contribution in [3.05, 3.63) is 42.0 Å². The molecule has 0 saturated carbocycles. The number of hydrogen-bond acceptors (Lipinski definition) is 6. The SMILES string of the molecule is CCc1noc([C@H](C)NC(=O)[C@@H]2CNCCN2c2ccccc2)n1. The molecule has 7 heteroatoms. The zero-order valence-electron chi connectivity index (χ0n) is 14.0. The van der Waals surface area contributed by atoms with Gasteiger partial charge in [0, 0.05) is 31.7 Å². The molecule has 1 amide bonds. The van der Waals surface area contributed by atoms with Crippen LogP contribution in [-0.4, -0.2) is 41.7 Å². The summed E-state index contributed by atoms with van der Waals surface area (Å²) in [5, 5.41) is 10.2. The van der Waals surface area contributed by atoms with Crippen LogP contribution in [0.3, 0.4) is 0 Å². The number of aromatic nitrogens is 2. The van der Waals surface area contributed by atoms with E-state index in [2.05, 4.69) is 25.7 Å². The van der Waals surface area contributed by atoms with E-state index in [1.807, 2.05) is 44.2 Å². The topological polar surface area (TPSA) is 83.3 Å². The molecule has 128 valence electrons. The molecule has 0 radical (unpaired) electrons. The first kappa shape index (κ1) is 16.4. The Labute approximate surface area is 141 Å². The second-order valence-corrected chi connectivity index (χ2v) is 5.88. The monoisotopic (exact) mass is 329 g/mol. The van der Waals surface area contributed by atoms with E-state index in [9.17, 15) is 4.79 Å². The molecule has 2 atom stereocenters. The third-order valence-corrected chi connectivity index (χ3v) is 4.16. The second-order valence-electron chi connectivity index (χ2n) is 5.88. The quantitative estimate of drug-likeness (QED) is 0.860. The first-order chi connectivity index (χ1) is 11.7. The lowest BCUT2D eigenvalue weighted by molar-refractivity contribution is -0.123. The van der Waals surface area contributed by atoms with E-state index in [1.165, 1.54) is 0 Å². The zero-order valence-corrected chi connectivity index (χ0v) is 14.0. The number of nitrogens with zero attached hydrogens (tertiary/aromatic N) is 3. The number of anilines is 1. The van der Waals surface area contributed by atoms with Gasteiger partial charge in [0.15, 0.2) is 5.82 Å². The fourth-order valence-corrected chi connectivity index (χ4v) is 2.83. The Balaban J connectivity index is 1.70. The van der Waals surface area contributed by atoms with Crippen LogP contribution in [0.25, 0.3) is 0 Å². The third-order valence-electron chi connectivity index (χ3n) is 4.16. The average molecular weight is 329 g/mol. The first-order valence-electron chi connectivity index (χ1n) is 8.34. The summed E-state index contributed by atoms with van der Waals surface area (Å²) >= 11 is 0. The molecule has 1 aliphatic heterocycles. The Morgan fingerprint density at radius 3 is 2.96 bits per heavy atom. The van der Waals surface area contributed by atoms with Crippen LogP contribution >= 0.6 is 0 Å². The molecular weight excluding hydrogens is 306 g/mol. The highest BCUT2D eigenvalue weighted by atomic mass is 16.5. The van der Waals surface area contributed by atoms with Gasteiger partial charge in [0.25, 0.3) is 0 Å². The van der Waals surface area contributed by atoms with Crippen LogP contribution < -0.4 is 15.5 Å². The number of aryl methyl sites for hydroxylation is 1. The molecular formula is C17H23N5O2. The summed E-state index contributed by atoms with van der Waals surface area (Å²) in [6, 6.07) is 9.42. The maximum Gasteiger partial charge on any atom is 0.248 e. The summed E-state index contributed by atoms with van der Waals surface area (Å²) in [5.41, 5.74) is 1.05. The van der Waals surface area contributed by atoms with Gasteiger partial charge in [0.1, 0.15) is 12.1 Å². The molecule has 0 unspecified atom stereocenters. The standard InChI is InChI=1S/C17H23N5O2/c1-3-15-20-17(24-21-15)12(2)19-16(23)14-11-18-9-10-22(14)13-7-5-4-6-8-13/h4-8,12,14,18H,3,9-11H2,1-2H3,(H,19,23)/t12-,14-/m0/s1. The molecule has 1 saturated heterocycles. The molecule has 1 aliphatic rings. The number of carbonyl (C=O) groups is 1. The summed E-state index contributed by atoms with van der Waals surface area (Å²) in [6.07, 6.45) is 0.707. The van der Waals surface area contributed by atoms with Crippen molar-refractivity contribution in [2.24, 2.45) is 0 Å². The van der Waals surface area contributed by atoms with E-state index in [1.54, 1.807) is 0 Å². The maximum atomic E-state index is 12.8. The zero-order chi connectivity index (χ0) is 16.9. The molecule has 0 bridgehead atoms. The minimum absolute atomic E-state index is 0.0465. The number of para-hydroxylation sites is 1. The van der Waals surface area contributed by atoms with Gasteiger partial charge in [-0.2, -0.15) is 4.98 Å². The fraction of sp³-hybridized carbons (Fsp3) is 0.471. The Hall–Kier alpha value is -2.41. The summed E-state index contributed by atoms with van der Waals surface area (Å²) in [6.45, 7) is 6.07. The van der Waals surface area contributed by atoms with Crippen LogP contribution in [-0.2, 0) is 11.2 Å². The normalized spacial score (nSPS) is 19.1. The van der Waals surface area contributed by atoms with E-state index in [-0.39, 0.29) is 18.0 Å². The minimum Gasteiger partial charge on any atom is -0.357 e. The summed E-state index contributed by atoms with van der Waals surface area (Å²) < 4.78 is 5.21. The van der Waals surface area contributed by atoms with Gasteiger partial charge < -0.3 is 20.1 Å². The van der Waals surface area contributed by atoms with Gasteiger partial charge >= 0.3 is 0 Å². The average Bonchev–Trinajstić information content (AvgIpc) is 3.12. The number of rotatable bonds is 5. The van der Waals surface area contributed by atoms with Crippen molar-refractivity contribution in [2.75, 3.05) is 24.5 Å². The van der Waals surface area contributed by atoms with Gasteiger partial charge in [-0.05, 0) is 19.1 Å². The van der Waals surface area contributed by atoms with Gasteiger partial charge in [0.05, 0.1) is 0 Å². The minimum atomic E-state index is -0.315. The van der Waals surface area contributed by atoms with Gasteiger partial charge in [0.2, 0.25) is 11.8 Å². The summed E-state index contributed by atoms with van der Waals surface area (Å²) in [5.74, 6) is 1.04. The van der Waals surface area contributed by atoms with Crippen LogP contribution in [0, 0.1) is 0 Å². The fourth-order valence-electron chi connectivity index (χ4n) is 2.83. The van der Waals surface area contributed by atoms with E-state index in [4.69, 9.17) is 4.52 Å². The predicted molar refractivity (Wildman–Crippen MR) is 90.7 cm³/mol. The Morgan fingerprint density at radius 2 is 2.25 bits per heavy atom. The Kier molecular flexibility index (Phi) is 5.10. The number of amides is 1. The molecule has 2 heterocycles. The van der Waals surface area contributed by atoms with Gasteiger partial charge in [-0.3, -0.25) is 4.79 Å². The Bertz CT molecular complexity index is 673. The van der Waals surface area contributed by atoms with Crippen LogP contribution in [0.1, 0.15) is 31.6 Å². The summed E-state index contributed by atoms with van der Waals surface area (Å²) in [7, 11) is 0. The first-order valence-corrected chi connectivity index (χ1v) is 8.34. The molecule has 1 fully saturated rings. The van der Waals surface area contributed by atoms with E-state index < -0.39 is 0 Å². The van der Waals surface area contributed by atoms with Crippen molar-refractivity contribution < 1.29 is 9.32 Å². The highest BCUT2D eigenvalue weighted by molar-refractivity contribution is 5.86. The number of benzene rings is 1. The highest BCUT2D eigenvalue weighted by Crippen LogP contribution is 2.19. The third kappa shape index (κ3) is 3.56. The van der Waals surface area contributed by atoms with Crippen molar-refractivity contribution in [3.8, 4) is 0 Å². The van der Waals surface area contributed by atoms with Crippen molar-refractivity contribution in [3.63, 3.8) is 0 Å². The number of hydrogen-bond donors (Lipinski definition) is 2. The molecule has 7 nitrogen and oxygen atoms in total. The number of piperazine rings is 1. The lowest BCUT2D eigenvalue weighted by Gasteiger charge is -2.37. The molecule has 0 aliphatic carbocycles. The van der Waals surface area contributed by atoms with E-state index in [0.29, 0.717) is 24.7 Å². The van der Waals surface area contributed by atoms with Crippen molar-refractivity contribution in [2.45, 2.75) is 32.4 Å². The van der Waals surface area contributed by atoms with Crippen LogP contribution in [0.4, 0.5) is 5.69 Å². The molecule has 2 aromatic rings. The maximum absolute atomic E-state index is 12.8. The lowest BCUT2D eigenvalue weighted by Crippen LogP contribution is -2.58. The molecule has 1 aromatic heterocycles. The van der Waals surface area contributed by atoms with Gasteiger partial charge in [-0.15, -0.1) is 0 Å². The van der Waals surface area contributed by atoms with Gasteiger partial charge in [-0.25, -0.2) is 0 Å². The number of carbonyl (C=O) groups excluding carboxylic acids is 1.